The number of nitrogens with two attached hydrogens (primary N) is 1. The lowest BCUT2D eigenvalue weighted by molar-refractivity contribution is -0.141. The van der Waals surface area contributed by atoms with Gasteiger partial charge in [-0.2, -0.15) is 13.2 Å². The van der Waals surface area contributed by atoms with Crippen LogP contribution in [0.4, 0.5) is 19.1 Å². The fourth-order valence-corrected chi connectivity index (χ4v) is 1.20. The van der Waals surface area contributed by atoms with Crippen molar-refractivity contribution < 1.29 is 13.2 Å². The lowest BCUT2D eigenvalue weighted by Gasteiger charge is -2.15. The van der Waals surface area contributed by atoms with Gasteiger partial charge in [0.25, 0.3) is 0 Å². The second kappa shape index (κ2) is 4.65. The van der Waals surface area contributed by atoms with Crippen molar-refractivity contribution in [3.8, 4) is 0 Å². The average molecular weight is 234 g/mol. The first-order chi connectivity index (χ1) is 7.36. The highest BCUT2D eigenvalue weighted by Gasteiger charge is 2.35. The molecular formula is C9H13F3N4. The maximum atomic E-state index is 12.7. The predicted octanol–water partition coefficient (Wildman–Crippen LogP) is 1.06. The number of hydrogen-bond donors (Lipinski definition) is 1. The summed E-state index contributed by atoms with van der Waals surface area (Å²) in [5.74, 6) is 0.0353. The topological polar surface area (TPSA) is 55.0 Å². The van der Waals surface area contributed by atoms with Gasteiger partial charge in [-0.1, -0.05) is 0 Å². The zero-order chi connectivity index (χ0) is 12.3. The van der Waals surface area contributed by atoms with Gasteiger partial charge in [-0.05, 0) is 13.0 Å². The van der Waals surface area contributed by atoms with E-state index in [0.29, 0.717) is 0 Å². The van der Waals surface area contributed by atoms with E-state index in [1.54, 1.807) is 14.1 Å². The molecule has 0 aliphatic heterocycles. The van der Waals surface area contributed by atoms with E-state index < -0.39 is 11.9 Å². The molecule has 0 saturated heterocycles. The summed E-state index contributed by atoms with van der Waals surface area (Å²) in [5.41, 5.74) is 4.36. The fourth-order valence-electron chi connectivity index (χ4n) is 1.20. The Kier molecular flexibility index (Phi) is 3.69. The van der Waals surface area contributed by atoms with E-state index in [-0.39, 0.29) is 24.5 Å². The molecule has 1 heterocycles. The maximum Gasteiger partial charge on any atom is 0.433 e. The molecule has 0 aliphatic carbocycles. The van der Waals surface area contributed by atoms with Crippen LogP contribution < -0.4 is 10.6 Å². The molecule has 7 heteroatoms. The number of rotatable bonds is 3. The molecule has 0 atom stereocenters. The smallest absolute Gasteiger partial charge is 0.347 e. The molecule has 90 valence electrons. The molecular weight excluding hydrogens is 221 g/mol. The summed E-state index contributed by atoms with van der Waals surface area (Å²) in [6, 6.07) is 0. The number of alkyl halides is 3. The molecule has 0 aromatic carbocycles. The van der Waals surface area contributed by atoms with Crippen LogP contribution in [0.25, 0.3) is 0 Å². The first-order valence-electron chi connectivity index (χ1n) is 4.66. The van der Waals surface area contributed by atoms with Crippen LogP contribution in [0, 0.1) is 0 Å². The van der Waals surface area contributed by atoms with Gasteiger partial charge in [0.2, 0.25) is 5.95 Å². The average Bonchev–Trinajstić information content (AvgIpc) is 2.16. The molecule has 1 aromatic heterocycles. The third-order valence-corrected chi connectivity index (χ3v) is 1.93. The molecule has 0 amide bonds. The largest absolute Gasteiger partial charge is 0.433 e. The van der Waals surface area contributed by atoms with Gasteiger partial charge < -0.3 is 10.6 Å². The Hall–Kier alpha value is -1.37. The van der Waals surface area contributed by atoms with Crippen LogP contribution in [-0.4, -0.2) is 30.6 Å². The second-order valence-corrected chi connectivity index (χ2v) is 3.47. The van der Waals surface area contributed by atoms with E-state index in [4.69, 9.17) is 5.73 Å². The Morgan fingerprint density at radius 2 is 2.00 bits per heavy atom. The predicted molar refractivity (Wildman–Crippen MR) is 54.1 cm³/mol. The molecule has 0 saturated carbocycles. The second-order valence-electron chi connectivity index (χ2n) is 3.47. The molecule has 0 bridgehead atoms. The third kappa shape index (κ3) is 2.82. The van der Waals surface area contributed by atoms with Gasteiger partial charge >= 0.3 is 6.18 Å². The highest BCUT2D eigenvalue weighted by atomic mass is 19.4. The number of anilines is 1. The van der Waals surface area contributed by atoms with Crippen LogP contribution in [0.15, 0.2) is 6.20 Å². The van der Waals surface area contributed by atoms with Gasteiger partial charge in [0, 0.05) is 25.9 Å². The molecule has 0 radical (unpaired) electrons. The van der Waals surface area contributed by atoms with Crippen molar-refractivity contribution in [1.82, 2.24) is 9.97 Å². The molecule has 0 spiro atoms. The number of aromatic nitrogens is 2. The molecule has 0 fully saturated rings. The van der Waals surface area contributed by atoms with Crippen molar-refractivity contribution in [2.24, 2.45) is 5.73 Å². The molecule has 1 aromatic rings. The minimum Gasteiger partial charge on any atom is -0.347 e. The van der Waals surface area contributed by atoms with Gasteiger partial charge in [0.05, 0.1) is 0 Å². The Morgan fingerprint density at radius 3 is 2.44 bits per heavy atom. The van der Waals surface area contributed by atoms with Gasteiger partial charge in [0.15, 0.2) is 5.69 Å². The van der Waals surface area contributed by atoms with Gasteiger partial charge in [-0.25, -0.2) is 9.97 Å². The van der Waals surface area contributed by atoms with E-state index in [9.17, 15) is 13.2 Å². The molecule has 1 rings (SSSR count). The standard InChI is InChI=1S/C9H13F3N4/c1-16(2)8-14-5-6(3-4-13)7(15-8)9(10,11)12/h5H,3-4,13H2,1-2H3. The van der Waals surface area contributed by atoms with Crippen molar-refractivity contribution in [2.75, 3.05) is 25.5 Å². The lowest BCUT2D eigenvalue weighted by Crippen LogP contribution is -2.20. The van der Waals surface area contributed by atoms with Crippen molar-refractivity contribution in [3.63, 3.8) is 0 Å². The summed E-state index contributed by atoms with van der Waals surface area (Å²) >= 11 is 0. The van der Waals surface area contributed by atoms with E-state index >= 15 is 0 Å². The van der Waals surface area contributed by atoms with E-state index in [1.165, 1.54) is 11.1 Å². The Morgan fingerprint density at radius 1 is 1.38 bits per heavy atom. The zero-order valence-corrected chi connectivity index (χ0v) is 9.04. The first-order valence-corrected chi connectivity index (χ1v) is 4.66. The Labute approximate surface area is 91.3 Å². The van der Waals surface area contributed by atoms with Crippen molar-refractivity contribution in [1.29, 1.82) is 0 Å². The number of hydrogen-bond acceptors (Lipinski definition) is 4. The Bertz CT molecular complexity index is 362. The minimum absolute atomic E-state index is 0.0283. The lowest BCUT2D eigenvalue weighted by atomic mass is 10.1. The highest BCUT2D eigenvalue weighted by Crippen LogP contribution is 2.31. The van der Waals surface area contributed by atoms with E-state index in [1.807, 2.05) is 0 Å². The first kappa shape index (κ1) is 12.7. The van der Waals surface area contributed by atoms with E-state index in [0.717, 1.165) is 0 Å². The normalized spacial score (nSPS) is 11.6. The van der Waals surface area contributed by atoms with Gasteiger partial charge in [-0.3, -0.25) is 0 Å². The van der Waals surface area contributed by atoms with Crippen LogP contribution in [0.1, 0.15) is 11.3 Å². The molecule has 0 aliphatic rings. The minimum atomic E-state index is -4.47. The third-order valence-electron chi connectivity index (χ3n) is 1.93. The van der Waals surface area contributed by atoms with Gasteiger partial charge in [-0.15, -0.1) is 0 Å². The van der Waals surface area contributed by atoms with Crippen LogP contribution in [-0.2, 0) is 12.6 Å². The summed E-state index contributed by atoms with van der Waals surface area (Å²) in [6.45, 7) is 0.133. The van der Waals surface area contributed by atoms with Crippen LogP contribution >= 0.6 is 0 Å². The molecule has 2 N–H and O–H groups in total. The Balaban J connectivity index is 3.21. The maximum absolute atomic E-state index is 12.7. The summed E-state index contributed by atoms with van der Waals surface area (Å²) in [4.78, 5) is 8.74. The van der Waals surface area contributed by atoms with Crippen molar-refractivity contribution in [2.45, 2.75) is 12.6 Å². The summed E-state index contributed by atoms with van der Waals surface area (Å²) < 4.78 is 38.0. The summed E-state index contributed by atoms with van der Waals surface area (Å²) in [6.07, 6.45) is -3.18. The SMILES string of the molecule is CN(C)c1ncc(CCN)c(C(F)(F)F)n1. The monoisotopic (exact) mass is 234 g/mol. The summed E-state index contributed by atoms with van der Waals surface area (Å²) in [5, 5.41) is 0. The number of halogens is 3. The molecule has 4 nitrogen and oxygen atoms in total. The van der Waals surface area contributed by atoms with Crippen LogP contribution in [0.5, 0.6) is 0 Å². The number of nitrogens with zero attached hydrogens (tertiary/aromatic N) is 3. The fraction of sp³-hybridized carbons (Fsp3) is 0.556. The zero-order valence-electron chi connectivity index (χ0n) is 9.04. The van der Waals surface area contributed by atoms with E-state index in [2.05, 4.69) is 9.97 Å². The summed E-state index contributed by atoms with van der Waals surface area (Å²) in [7, 11) is 3.16. The van der Waals surface area contributed by atoms with Crippen LogP contribution in [0.3, 0.4) is 0 Å². The highest BCUT2D eigenvalue weighted by molar-refractivity contribution is 5.32. The molecule has 16 heavy (non-hydrogen) atoms. The van der Waals surface area contributed by atoms with Crippen molar-refractivity contribution in [3.05, 3.63) is 17.5 Å². The van der Waals surface area contributed by atoms with Crippen molar-refractivity contribution >= 4 is 5.95 Å². The molecule has 0 unspecified atom stereocenters. The van der Waals surface area contributed by atoms with Crippen LogP contribution in [0.2, 0.25) is 0 Å². The van der Waals surface area contributed by atoms with Gasteiger partial charge in [0.1, 0.15) is 0 Å². The quantitative estimate of drug-likeness (QED) is 0.849.